The van der Waals surface area contributed by atoms with E-state index in [9.17, 15) is 0 Å². The van der Waals surface area contributed by atoms with Gasteiger partial charge in [-0.3, -0.25) is 0 Å². The molecule has 3 aromatic heterocycles. The Balaban J connectivity index is 1.70. The predicted molar refractivity (Wildman–Crippen MR) is 67.3 cm³/mol. The lowest BCUT2D eigenvalue weighted by Gasteiger charge is -2.05. The average Bonchev–Trinajstić information content (AvgIpc) is 2.99. The molecule has 1 N–H and O–H groups in total. The molecule has 0 spiro atoms. The first-order valence-corrected chi connectivity index (χ1v) is 6.22. The molecule has 0 radical (unpaired) electrons. The highest BCUT2D eigenvalue weighted by Crippen LogP contribution is 2.12. The fourth-order valence-corrected chi connectivity index (χ4v) is 2.28. The van der Waals surface area contributed by atoms with Crippen LogP contribution in [-0.2, 0) is 6.42 Å². The Morgan fingerprint density at radius 1 is 1.24 bits per heavy atom. The zero-order chi connectivity index (χ0) is 11.5. The third-order valence-electron chi connectivity index (χ3n) is 2.44. The van der Waals surface area contributed by atoms with Crippen LogP contribution < -0.4 is 5.32 Å². The lowest BCUT2D eigenvalue weighted by atomic mass is 10.4. The second-order valence-electron chi connectivity index (χ2n) is 3.54. The molecule has 0 aromatic carbocycles. The highest BCUT2D eigenvalue weighted by Gasteiger charge is 2.02. The number of nitrogens with zero attached hydrogens (tertiary/aromatic N) is 4. The van der Waals surface area contributed by atoms with Gasteiger partial charge in [-0.25, -0.2) is 14.5 Å². The van der Waals surface area contributed by atoms with Crippen molar-refractivity contribution in [3.05, 3.63) is 41.2 Å². The summed E-state index contributed by atoms with van der Waals surface area (Å²) in [5.41, 5.74) is 0.992. The van der Waals surface area contributed by atoms with Crippen LogP contribution in [0.4, 0.5) is 5.82 Å². The van der Waals surface area contributed by atoms with Crippen LogP contribution in [-0.4, -0.2) is 26.1 Å². The maximum atomic E-state index is 4.31. The zero-order valence-electron chi connectivity index (χ0n) is 9.08. The fourth-order valence-electron chi connectivity index (χ4n) is 1.66. The topological polar surface area (TPSA) is 55.1 Å². The van der Waals surface area contributed by atoms with Crippen molar-refractivity contribution < 1.29 is 0 Å². The lowest BCUT2D eigenvalue weighted by molar-refractivity contribution is 0.935. The first-order valence-electron chi connectivity index (χ1n) is 5.34. The van der Waals surface area contributed by atoms with Crippen molar-refractivity contribution in [3.63, 3.8) is 0 Å². The second kappa shape index (κ2) is 4.50. The Morgan fingerprint density at radius 3 is 3.12 bits per heavy atom. The molecule has 5 nitrogen and oxygen atoms in total. The van der Waals surface area contributed by atoms with Gasteiger partial charge in [-0.05, 0) is 6.07 Å². The van der Waals surface area contributed by atoms with Gasteiger partial charge in [0.15, 0.2) is 5.82 Å². The highest BCUT2D eigenvalue weighted by atomic mass is 32.1. The molecule has 0 unspecified atom stereocenters. The molecule has 6 heteroatoms. The van der Waals surface area contributed by atoms with Crippen LogP contribution in [0, 0.1) is 0 Å². The molecule has 3 heterocycles. The Hall–Kier alpha value is -1.95. The first kappa shape index (κ1) is 10.2. The molecule has 0 aliphatic heterocycles. The summed E-state index contributed by atoms with van der Waals surface area (Å²) in [6, 6.07) is 1.94. The molecule has 3 aromatic rings. The van der Waals surface area contributed by atoms with Gasteiger partial charge in [0.1, 0.15) is 5.52 Å². The predicted octanol–water partition coefficient (Wildman–Crippen LogP) is 1.84. The van der Waals surface area contributed by atoms with Crippen molar-refractivity contribution in [2.24, 2.45) is 0 Å². The van der Waals surface area contributed by atoms with Crippen LogP contribution >= 0.6 is 11.3 Å². The van der Waals surface area contributed by atoms with Gasteiger partial charge in [0.2, 0.25) is 0 Å². The number of anilines is 1. The Morgan fingerprint density at radius 2 is 2.24 bits per heavy atom. The van der Waals surface area contributed by atoms with E-state index in [0.717, 1.165) is 29.3 Å². The zero-order valence-corrected chi connectivity index (χ0v) is 9.89. The van der Waals surface area contributed by atoms with Gasteiger partial charge < -0.3 is 5.32 Å². The van der Waals surface area contributed by atoms with Crippen molar-refractivity contribution in [2.75, 3.05) is 11.9 Å². The van der Waals surface area contributed by atoms with E-state index in [2.05, 4.69) is 20.4 Å². The number of aromatic nitrogens is 4. The van der Waals surface area contributed by atoms with E-state index in [1.54, 1.807) is 28.2 Å². The van der Waals surface area contributed by atoms with Crippen LogP contribution in [0.2, 0.25) is 0 Å². The molecule has 0 fully saturated rings. The van der Waals surface area contributed by atoms with Crippen LogP contribution in [0.25, 0.3) is 5.52 Å². The maximum absolute atomic E-state index is 4.31. The van der Waals surface area contributed by atoms with E-state index in [1.165, 1.54) is 0 Å². The maximum Gasteiger partial charge on any atom is 0.152 e. The number of thiazole rings is 1. The first-order chi connectivity index (χ1) is 8.43. The fraction of sp³-hybridized carbons (Fsp3) is 0.182. The quantitative estimate of drug-likeness (QED) is 0.762. The molecule has 0 atom stereocenters. The Kier molecular flexibility index (Phi) is 2.71. The summed E-state index contributed by atoms with van der Waals surface area (Å²) >= 11 is 1.67. The molecule has 17 heavy (non-hydrogen) atoms. The molecule has 0 bridgehead atoms. The largest absolute Gasteiger partial charge is 0.368 e. The molecule has 0 amide bonds. The van der Waals surface area contributed by atoms with E-state index in [4.69, 9.17) is 0 Å². The highest BCUT2D eigenvalue weighted by molar-refractivity contribution is 7.09. The normalized spacial score (nSPS) is 10.8. The van der Waals surface area contributed by atoms with E-state index in [-0.39, 0.29) is 0 Å². The van der Waals surface area contributed by atoms with Gasteiger partial charge in [0, 0.05) is 36.9 Å². The molecule has 0 saturated heterocycles. The summed E-state index contributed by atoms with van der Waals surface area (Å²) < 4.78 is 1.80. The number of hydrogen-bond acceptors (Lipinski definition) is 5. The molecule has 0 aliphatic carbocycles. The summed E-state index contributed by atoms with van der Waals surface area (Å²) in [5, 5.41) is 10.6. The van der Waals surface area contributed by atoms with Gasteiger partial charge >= 0.3 is 0 Å². The lowest BCUT2D eigenvalue weighted by Crippen LogP contribution is -2.07. The van der Waals surface area contributed by atoms with E-state index >= 15 is 0 Å². The van der Waals surface area contributed by atoms with Crippen LogP contribution in [0.15, 0.2) is 36.2 Å². The number of nitrogens with one attached hydrogen (secondary N) is 1. The minimum absolute atomic E-state index is 0.825. The molecule has 0 aliphatic rings. The van der Waals surface area contributed by atoms with Crippen molar-refractivity contribution >= 4 is 22.7 Å². The van der Waals surface area contributed by atoms with E-state index < -0.39 is 0 Å². The minimum atomic E-state index is 0.825. The minimum Gasteiger partial charge on any atom is -0.368 e. The Bertz CT molecular complexity index is 601. The monoisotopic (exact) mass is 245 g/mol. The summed E-state index contributed by atoms with van der Waals surface area (Å²) in [5.74, 6) is 0.863. The van der Waals surface area contributed by atoms with Gasteiger partial charge in [-0.2, -0.15) is 5.10 Å². The standard InChI is InChI=1S/C11H11N5S/c1-4-15-16-7-5-14-11(9(1)16)13-3-2-10-12-6-8-17-10/h1,4-8H,2-3H2,(H,13,14). The summed E-state index contributed by atoms with van der Waals surface area (Å²) in [6.07, 6.45) is 8.08. The molecule has 3 rings (SSSR count). The SMILES string of the molecule is c1csc(CCNc2nccn3nccc23)n1. The van der Waals surface area contributed by atoms with Gasteiger partial charge in [0.25, 0.3) is 0 Å². The second-order valence-corrected chi connectivity index (χ2v) is 4.52. The molecule has 0 saturated carbocycles. The third kappa shape index (κ3) is 2.12. The van der Waals surface area contributed by atoms with Crippen molar-refractivity contribution in [3.8, 4) is 0 Å². The van der Waals surface area contributed by atoms with E-state index in [1.807, 2.05) is 23.8 Å². The number of fused-ring (bicyclic) bond motifs is 1. The Labute approximate surface area is 102 Å². The summed E-state index contributed by atoms with van der Waals surface area (Å²) in [4.78, 5) is 8.55. The molecular formula is C11H11N5S. The molecular weight excluding hydrogens is 234 g/mol. The summed E-state index contributed by atoms with van der Waals surface area (Å²) in [7, 11) is 0. The van der Waals surface area contributed by atoms with E-state index in [0.29, 0.717) is 0 Å². The third-order valence-corrected chi connectivity index (χ3v) is 3.28. The number of rotatable bonds is 4. The van der Waals surface area contributed by atoms with Crippen molar-refractivity contribution in [2.45, 2.75) is 6.42 Å². The van der Waals surface area contributed by atoms with Gasteiger partial charge in [0.05, 0.1) is 11.2 Å². The average molecular weight is 245 g/mol. The number of hydrogen-bond donors (Lipinski definition) is 1. The van der Waals surface area contributed by atoms with Gasteiger partial charge in [-0.15, -0.1) is 11.3 Å². The van der Waals surface area contributed by atoms with Crippen LogP contribution in [0.5, 0.6) is 0 Å². The van der Waals surface area contributed by atoms with Crippen LogP contribution in [0.1, 0.15) is 5.01 Å². The summed E-state index contributed by atoms with van der Waals surface area (Å²) in [6.45, 7) is 0.825. The van der Waals surface area contributed by atoms with Crippen LogP contribution in [0.3, 0.4) is 0 Å². The van der Waals surface area contributed by atoms with Gasteiger partial charge in [-0.1, -0.05) is 0 Å². The van der Waals surface area contributed by atoms with Crippen molar-refractivity contribution in [1.82, 2.24) is 19.6 Å². The molecule has 86 valence electrons. The van der Waals surface area contributed by atoms with Crippen molar-refractivity contribution in [1.29, 1.82) is 0 Å². The smallest absolute Gasteiger partial charge is 0.152 e.